The van der Waals surface area contributed by atoms with Crippen molar-refractivity contribution in [1.82, 2.24) is 5.32 Å². The lowest BCUT2D eigenvalue weighted by atomic mass is 9.91. The van der Waals surface area contributed by atoms with Crippen molar-refractivity contribution in [3.8, 4) is 11.5 Å². The molecule has 1 aromatic rings. The highest BCUT2D eigenvalue weighted by Crippen LogP contribution is 2.43. The van der Waals surface area contributed by atoms with Gasteiger partial charge in [-0.3, -0.25) is 0 Å². The molecule has 3 rings (SSSR count). The van der Waals surface area contributed by atoms with E-state index in [0.717, 1.165) is 48.7 Å². The number of piperidine rings is 1. The molecule has 0 aromatic heterocycles. The molecule has 0 saturated carbocycles. The smallest absolute Gasteiger partial charge is 0.175 e. The summed E-state index contributed by atoms with van der Waals surface area (Å²) in [5, 5.41) is 3.46. The second-order valence-electron chi connectivity index (χ2n) is 4.89. The normalized spacial score (nSPS) is 23.5. The quantitative estimate of drug-likeness (QED) is 0.864. The third kappa shape index (κ3) is 2.36. The van der Waals surface area contributed by atoms with Crippen LogP contribution in [0.3, 0.4) is 0 Å². The van der Waals surface area contributed by atoms with E-state index in [1.165, 1.54) is 18.4 Å². The van der Waals surface area contributed by atoms with Crippen LogP contribution in [0.4, 0.5) is 0 Å². The van der Waals surface area contributed by atoms with Gasteiger partial charge in [-0.25, -0.2) is 0 Å². The highest BCUT2D eigenvalue weighted by molar-refractivity contribution is 9.10. The first kappa shape index (κ1) is 12.3. The summed E-state index contributed by atoms with van der Waals surface area (Å²) in [7, 11) is 0. The maximum Gasteiger partial charge on any atom is 0.175 e. The minimum absolute atomic E-state index is 0.544. The molecule has 0 amide bonds. The zero-order chi connectivity index (χ0) is 12.4. The van der Waals surface area contributed by atoms with E-state index in [1.807, 2.05) is 0 Å². The van der Waals surface area contributed by atoms with Crippen LogP contribution in [0.2, 0.25) is 0 Å². The number of ether oxygens (including phenoxy) is 2. The summed E-state index contributed by atoms with van der Waals surface area (Å²) >= 11 is 3.55. The predicted molar refractivity (Wildman–Crippen MR) is 74.6 cm³/mol. The Morgan fingerprint density at radius 2 is 1.94 bits per heavy atom. The number of rotatable bonds is 1. The molecule has 1 unspecified atom stereocenters. The molecule has 0 spiro atoms. The maximum atomic E-state index is 5.93. The SMILES string of the molecule is Brc1ccc(C2CCCNC2)c2c1OCCCO2. The van der Waals surface area contributed by atoms with Crippen molar-refractivity contribution < 1.29 is 9.47 Å². The summed E-state index contributed by atoms with van der Waals surface area (Å²) in [6.07, 6.45) is 3.41. The van der Waals surface area contributed by atoms with Crippen LogP contribution in [0.1, 0.15) is 30.7 Å². The monoisotopic (exact) mass is 311 g/mol. The first-order valence-corrected chi connectivity index (χ1v) is 7.44. The zero-order valence-corrected chi connectivity index (χ0v) is 12.0. The number of benzene rings is 1. The van der Waals surface area contributed by atoms with Crippen LogP contribution in [-0.2, 0) is 0 Å². The van der Waals surface area contributed by atoms with Gasteiger partial charge in [0.15, 0.2) is 11.5 Å². The second kappa shape index (κ2) is 5.49. The van der Waals surface area contributed by atoms with E-state index in [2.05, 4.69) is 33.4 Å². The van der Waals surface area contributed by atoms with Gasteiger partial charge in [0.05, 0.1) is 17.7 Å². The van der Waals surface area contributed by atoms with Gasteiger partial charge in [-0.2, -0.15) is 0 Å². The van der Waals surface area contributed by atoms with Crippen molar-refractivity contribution in [2.24, 2.45) is 0 Å². The highest BCUT2D eigenvalue weighted by Gasteiger charge is 2.24. The van der Waals surface area contributed by atoms with Gasteiger partial charge < -0.3 is 14.8 Å². The number of hydrogen-bond donors (Lipinski definition) is 1. The van der Waals surface area contributed by atoms with Gasteiger partial charge in [-0.05, 0) is 41.4 Å². The molecule has 1 atom stereocenters. The van der Waals surface area contributed by atoms with Crippen molar-refractivity contribution in [2.45, 2.75) is 25.2 Å². The molecule has 4 heteroatoms. The van der Waals surface area contributed by atoms with E-state index in [1.54, 1.807) is 0 Å². The fraction of sp³-hybridized carbons (Fsp3) is 0.571. The van der Waals surface area contributed by atoms with Crippen LogP contribution in [0.15, 0.2) is 16.6 Å². The number of fused-ring (bicyclic) bond motifs is 1. The van der Waals surface area contributed by atoms with Crippen LogP contribution < -0.4 is 14.8 Å². The number of nitrogens with one attached hydrogen (secondary N) is 1. The van der Waals surface area contributed by atoms with Gasteiger partial charge in [0.2, 0.25) is 0 Å². The van der Waals surface area contributed by atoms with Gasteiger partial charge in [0.25, 0.3) is 0 Å². The first-order chi connectivity index (χ1) is 8.86. The molecule has 2 aliphatic heterocycles. The van der Waals surface area contributed by atoms with E-state index in [9.17, 15) is 0 Å². The largest absolute Gasteiger partial charge is 0.489 e. The molecule has 1 aromatic carbocycles. The standard InChI is InChI=1S/C14H18BrNO2/c15-12-5-4-11(10-3-1-6-16-9-10)13-14(12)18-8-2-7-17-13/h4-5,10,16H,1-3,6-9H2. The zero-order valence-electron chi connectivity index (χ0n) is 10.4. The topological polar surface area (TPSA) is 30.5 Å². The van der Waals surface area contributed by atoms with Crippen LogP contribution >= 0.6 is 15.9 Å². The van der Waals surface area contributed by atoms with E-state index < -0.39 is 0 Å². The first-order valence-electron chi connectivity index (χ1n) is 6.65. The molecule has 1 N–H and O–H groups in total. The Morgan fingerprint density at radius 3 is 2.72 bits per heavy atom. The van der Waals surface area contributed by atoms with Gasteiger partial charge in [-0.1, -0.05) is 6.07 Å². The summed E-state index contributed by atoms with van der Waals surface area (Å²) in [5.41, 5.74) is 1.29. The lowest BCUT2D eigenvalue weighted by molar-refractivity contribution is 0.294. The van der Waals surface area contributed by atoms with Gasteiger partial charge in [0.1, 0.15) is 0 Å². The predicted octanol–water partition coefficient (Wildman–Crippen LogP) is 3.08. The maximum absolute atomic E-state index is 5.93. The molecule has 2 aliphatic rings. The Morgan fingerprint density at radius 1 is 1.11 bits per heavy atom. The fourth-order valence-corrected chi connectivity index (χ4v) is 3.11. The Hall–Kier alpha value is -0.740. The molecular weight excluding hydrogens is 294 g/mol. The van der Waals surface area contributed by atoms with Gasteiger partial charge in [0, 0.05) is 24.4 Å². The Labute approximate surface area is 116 Å². The average Bonchev–Trinajstić information content (AvgIpc) is 2.67. The Bertz CT molecular complexity index is 430. The summed E-state index contributed by atoms with van der Waals surface area (Å²) < 4.78 is 12.7. The fourth-order valence-electron chi connectivity index (χ4n) is 2.68. The third-order valence-electron chi connectivity index (χ3n) is 3.61. The van der Waals surface area contributed by atoms with E-state index in [4.69, 9.17) is 9.47 Å². The molecule has 1 saturated heterocycles. The molecule has 2 heterocycles. The summed E-state index contributed by atoms with van der Waals surface area (Å²) in [6, 6.07) is 4.26. The lowest BCUT2D eigenvalue weighted by Gasteiger charge is -2.25. The average molecular weight is 312 g/mol. The number of hydrogen-bond acceptors (Lipinski definition) is 3. The highest BCUT2D eigenvalue weighted by atomic mass is 79.9. The third-order valence-corrected chi connectivity index (χ3v) is 4.24. The van der Waals surface area contributed by atoms with Crippen molar-refractivity contribution in [1.29, 1.82) is 0 Å². The molecule has 0 radical (unpaired) electrons. The number of halogens is 1. The minimum atomic E-state index is 0.544. The summed E-state index contributed by atoms with van der Waals surface area (Å²) in [4.78, 5) is 0. The van der Waals surface area contributed by atoms with Crippen molar-refractivity contribution in [3.05, 3.63) is 22.2 Å². The molecular formula is C14H18BrNO2. The second-order valence-corrected chi connectivity index (χ2v) is 5.74. The van der Waals surface area contributed by atoms with Gasteiger partial charge >= 0.3 is 0 Å². The van der Waals surface area contributed by atoms with Crippen molar-refractivity contribution >= 4 is 15.9 Å². The lowest BCUT2D eigenvalue weighted by Crippen LogP contribution is -2.28. The van der Waals surface area contributed by atoms with E-state index in [0.29, 0.717) is 5.92 Å². The van der Waals surface area contributed by atoms with Crippen LogP contribution in [-0.4, -0.2) is 26.3 Å². The Kier molecular flexibility index (Phi) is 3.75. The van der Waals surface area contributed by atoms with Crippen molar-refractivity contribution in [2.75, 3.05) is 26.3 Å². The minimum Gasteiger partial charge on any atom is -0.489 e. The van der Waals surface area contributed by atoms with E-state index in [-0.39, 0.29) is 0 Å². The summed E-state index contributed by atoms with van der Waals surface area (Å²) in [6.45, 7) is 3.65. The molecule has 0 bridgehead atoms. The molecule has 3 nitrogen and oxygen atoms in total. The summed E-state index contributed by atoms with van der Waals surface area (Å²) in [5.74, 6) is 2.38. The molecule has 18 heavy (non-hydrogen) atoms. The van der Waals surface area contributed by atoms with Crippen molar-refractivity contribution in [3.63, 3.8) is 0 Å². The molecule has 0 aliphatic carbocycles. The van der Waals surface area contributed by atoms with Crippen LogP contribution in [0, 0.1) is 0 Å². The molecule has 98 valence electrons. The van der Waals surface area contributed by atoms with E-state index >= 15 is 0 Å². The van der Waals surface area contributed by atoms with Gasteiger partial charge in [-0.15, -0.1) is 0 Å². The van der Waals surface area contributed by atoms with Crippen LogP contribution in [0.25, 0.3) is 0 Å². The Balaban J connectivity index is 1.98. The van der Waals surface area contributed by atoms with Crippen LogP contribution in [0.5, 0.6) is 11.5 Å². The molecule has 1 fully saturated rings.